The van der Waals surface area contributed by atoms with Crippen LogP contribution in [0.15, 0.2) is 72.1 Å². The number of fused-ring (bicyclic) bond motifs is 2. The maximum atomic E-state index is 5.68. The molecule has 4 nitrogen and oxygen atoms in total. The minimum absolute atomic E-state index is 0.633. The first kappa shape index (κ1) is 18.6. The SMILES string of the molecule is CCOc1ccc2nc(C)cc(Nc3nc(-c4cccc5ccccc45)cs3)c2c1. The van der Waals surface area contributed by atoms with Crippen LogP contribution in [0.1, 0.15) is 12.6 Å². The van der Waals surface area contributed by atoms with Crippen molar-refractivity contribution in [3.05, 3.63) is 77.8 Å². The van der Waals surface area contributed by atoms with E-state index in [0.717, 1.165) is 44.4 Å². The number of aryl methyl sites for hydroxylation is 1. The van der Waals surface area contributed by atoms with E-state index in [9.17, 15) is 0 Å². The summed E-state index contributed by atoms with van der Waals surface area (Å²) in [5.41, 5.74) is 5.00. The molecule has 3 aromatic carbocycles. The highest BCUT2D eigenvalue weighted by atomic mass is 32.1. The summed E-state index contributed by atoms with van der Waals surface area (Å²) in [6.07, 6.45) is 0. The predicted molar refractivity (Wildman–Crippen MR) is 126 cm³/mol. The number of hydrogen-bond donors (Lipinski definition) is 1. The van der Waals surface area contributed by atoms with Crippen molar-refractivity contribution in [1.82, 2.24) is 9.97 Å². The summed E-state index contributed by atoms with van der Waals surface area (Å²) in [5.74, 6) is 0.842. The molecule has 0 radical (unpaired) electrons. The lowest BCUT2D eigenvalue weighted by molar-refractivity contribution is 0.340. The number of hydrogen-bond acceptors (Lipinski definition) is 5. The quantitative estimate of drug-likeness (QED) is 0.339. The Kier molecular flexibility index (Phi) is 4.81. The van der Waals surface area contributed by atoms with Crippen LogP contribution in [0.5, 0.6) is 5.75 Å². The molecule has 148 valence electrons. The smallest absolute Gasteiger partial charge is 0.187 e. The van der Waals surface area contributed by atoms with Crippen LogP contribution in [0.4, 0.5) is 10.8 Å². The van der Waals surface area contributed by atoms with Gasteiger partial charge in [-0.15, -0.1) is 11.3 Å². The zero-order valence-electron chi connectivity index (χ0n) is 16.8. The standard InChI is InChI=1S/C25H21N3OS/c1-3-29-18-11-12-22-21(14-18)23(13-16(2)26-22)27-25-28-24(15-30-25)20-10-6-8-17-7-4-5-9-19(17)20/h4-15H,3H2,1-2H3,(H,26,27,28). The second kappa shape index (κ2) is 7.76. The van der Waals surface area contributed by atoms with Gasteiger partial charge in [0.25, 0.3) is 0 Å². The van der Waals surface area contributed by atoms with Gasteiger partial charge in [-0.25, -0.2) is 4.98 Å². The molecule has 1 N–H and O–H groups in total. The number of nitrogens with one attached hydrogen (secondary N) is 1. The fourth-order valence-corrected chi connectivity index (χ4v) is 4.44. The lowest BCUT2D eigenvalue weighted by Crippen LogP contribution is -1.96. The molecule has 5 aromatic rings. The average molecular weight is 412 g/mol. The normalized spacial score (nSPS) is 11.1. The zero-order valence-corrected chi connectivity index (χ0v) is 17.7. The van der Waals surface area contributed by atoms with E-state index >= 15 is 0 Å². The van der Waals surface area contributed by atoms with Gasteiger partial charge in [-0.3, -0.25) is 4.98 Å². The van der Waals surface area contributed by atoms with Crippen molar-refractivity contribution in [1.29, 1.82) is 0 Å². The Labute approximate surface area is 179 Å². The van der Waals surface area contributed by atoms with Crippen LogP contribution in [-0.4, -0.2) is 16.6 Å². The fraction of sp³-hybridized carbons (Fsp3) is 0.120. The summed E-state index contributed by atoms with van der Waals surface area (Å²) in [6.45, 7) is 4.63. The van der Waals surface area contributed by atoms with Gasteiger partial charge in [0.2, 0.25) is 0 Å². The molecule has 0 unspecified atom stereocenters. The Morgan fingerprint density at radius 1 is 0.933 bits per heavy atom. The lowest BCUT2D eigenvalue weighted by atomic mass is 10.0. The molecular formula is C25H21N3OS. The molecule has 5 rings (SSSR count). The number of ether oxygens (including phenoxy) is 1. The summed E-state index contributed by atoms with van der Waals surface area (Å²) in [6, 6.07) is 22.8. The Morgan fingerprint density at radius 2 is 1.80 bits per heavy atom. The fourth-order valence-electron chi connectivity index (χ4n) is 3.72. The van der Waals surface area contributed by atoms with Crippen LogP contribution >= 0.6 is 11.3 Å². The summed E-state index contributed by atoms with van der Waals surface area (Å²) < 4.78 is 5.68. The van der Waals surface area contributed by atoms with Crippen molar-refractivity contribution in [3.8, 4) is 17.0 Å². The van der Waals surface area contributed by atoms with Crippen molar-refractivity contribution in [3.63, 3.8) is 0 Å². The van der Waals surface area contributed by atoms with Gasteiger partial charge >= 0.3 is 0 Å². The van der Waals surface area contributed by atoms with Crippen LogP contribution in [-0.2, 0) is 0 Å². The van der Waals surface area contributed by atoms with Gasteiger partial charge in [-0.1, -0.05) is 42.5 Å². The third-order valence-electron chi connectivity index (χ3n) is 5.03. The summed E-state index contributed by atoms with van der Waals surface area (Å²) in [7, 11) is 0. The van der Waals surface area contributed by atoms with Gasteiger partial charge in [-0.05, 0) is 48.9 Å². The van der Waals surface area contributed by atoms with Crippen molar-refractivity contribution >= 4 is 43.8 Å². The molecule has 2 heterocycles. The van der Waals surface area contributed by atoms with E-state index < -0.39 is 0 Å². The maximum absolute atomic E-state index is 5.68. The minimum atomic E-state index is 0.633. The molecule has 0 saturated heterocycles. The Hall–Kier alpha value is -3.44. The highest BCUT2D eigenvalue weighted by molar-refractivity contribution is 7.14. The number of nitrogens with zero attached hydrogens (tertiary/aromatic N) is 2. The topological polar surface area (TPSA) is 47.0 Å². The minimum Gasteiger partial charge on any atom is -0.494 e. The molecular weight excluding hydrogens is 390 g/mol. The number of aromatic nitrogens is 2. The second-order valence-corrected chi connectivity index (χ2v) is 7.97. The van der Waals surface area contributed by atoms with E-state index in [0.29, 0.717) is 6.61 Å². The summed E-state index contributed by atoms with van der Waals surface area (Å²) >= 11 is 1.60. The molecule has 0 saturated carbocycles. The van der Waals surface area contributed by atoms with Crippen LogP contribution in [0.25, 0.3) is 32.9 Å². The van der Waals surface area contributed by atoms with Crippen molar-refractivity contribution in [2.24, 2.45) is 0 Å². The highest BCUT2D eigenvalue weighted by Gasteiger charge is 2.11. The first-order valence-electron chi connectivity index (χ1n) is 9.96. The number of rotatable bonds is 5. The average Bonchev–Trinajstić information content (AvgIpc) is 3.22. The number of benzene rings is 3. The van der Waals surface area contributed by atoms with Crippen LogP contribution in [0, 0.1) is 6.92 Å². The lowest BCUT2D eigenvalue weighted by Gasteiger charge is -2.11. The van der Waals surface area contributed by atoms with E-state index in [1.54, 1.807) is 11.3 Å². The molecule has 0 aliphatic rings. The molecule has 0 amide bonds. The van der Waals surface area contributed by atoms with Gasteiger partial charge in [0, 0.05) is 22.0 Å². The van der Waals surface area contributed by atoms with Crippen molar-refractivity contribution in [2.75, 3.05) is 11.9 Å². The molecule has 30 heavy (non-hydrogen) atoms. The molecule has 0 bridgehead atoms. The van der Waals surface area contributed by atoms with Crippen molar-refractivity contribution in [2.45, 2.75) is 13.8 Å². The largest absolute Gasteiger partial charge is 0.494 e. The Bertz CT molecular complexity index is 1350. The predicted octanol–water partition coefficient (Wildman–Crippen LogP) is 6.96. The summed E-state index contributed by atoms with van der Waals surface area (Å²) in [4.78, 5) is 9.53. The van der Waals surface area contributed by atoms with Gasteiger partial charge in [0.1, 0.15) is 5.75 Å². The van der Waals surface area contributed by atoms with E-state index in [2.05, 4.69) is 64.2 Å². The van der Waals surface area contributed by atoms with E-state index in [-0.39, 0.29) is 0 Å². The molecule has 0 aliphatic carbocycles. The molecule has 0 aliphatic heterocycles. The first-order chi connectivity index (χ1) is 14.7. The van der Waals surface area contributed by atoms with Gasteiger partial charge in [-0.2, -0.15) is 0 Å². The van der Waals surface area contributed by atoms with E-state index in [1.165, 1.54) is 10.8 Å². The third kappa shape index (κ3) is 3.48. The molecule has 0 spiro atoms. The van der Waals surface area contributed by atoms with Crippen LogP contribution in [0.3, 0.4) is 0 Å². The highest BCUT2D eigenvalue weighted by Crippen LogP contribution is 2.34. The maximum Gasteiger partial charge on any atom is 0.187 e. The molecule has 5 heteroatoms. The Morgan fingerprint density at radius 3 is 2.70 bits per heavy atom. The number of thiazole rings is 1. The van der Waals surface area contributed by atoms with Crippen molar-refractivity contribution < 1.29 is 4.74 Å². The second-order valence-electron chi connectivity index (χ2n) is 7.11. The van der Waals surface area contributed by atoms with E-state index in [1.807, 2.05) is 32.0 Å². The molecule has 2 aromatic heterocycles. The Balaban J connectivity index is 1.53. The monoisotopic (exact) mass is 411 g/mol. The number of pyridine rings is 1. The molecule has 0 fully saturated rings. The third-order valence-corrected chi connectivity index (χ3v) is 5.79. The zero-order chi connectivity index (χ0) is 20.5. The van der Waals surface area contributed by atoms with E-state index in [4.69, 9.17) is 9.72 Å². The summed E-state index contributed by atoms with van der Waals surface area (Å²) in [5, 5.41) is 9.92. The molecule has 0 atom stereocenters. The number of anilines is 2. The van der Waals surface area contributed by atoms with Gasteiger partial charge in [0.15, 0.2) is 5.13 Å². The first-order valence-corrected chi connectivity index (χ1v) is 10.8. The van der Waals surface area contributed by atoms with Gasteiger partial charge < -0.3 is 10.1 Å². The van der Waals surface area contributed by atoms with Crippen LogP contribution < -0.4 is 10.1 Å². The van der Waals surface area contributed by atoms with Crippen LogP contribution in [0.2, 0.25) is 0 Å². The van der Waals surface area contributed by atoms with Gasteiger partial charge in [0.05, 0.1) is 23.5 Å².